The van der Waals surface area contributed by atoms with Gasteiger partial charge in [0.25, 0.3) is 5.91 Å². The maximum absolute atomic E-state index is 12.5. The number of carbonyl (C=O) groups is 1. The minimum atomic E-state index is 0.0574. The molecule has 0 atom stereocenters. The fourth-order valence-electron chi connectivity index (χ4n) is 2.13. The van der Waals surface area contributed by atoms with Gasteiger partial charge in [-0.3, -0.25) is 4.79 Å². The van der Waals surface area contributed by atoms with Gasteiger partial charge in [-0.15, -0.1) is 0 Å². The fourth-order valence-corrected chi connectivity index (χ4v) is 2.54. The number of amides is 1. The van der Waals surface area contributed by atoms with Crippen LogP contribution in [0.5, 0.6) is 0 Å². The van der Waals surface area contributed by atoms with E-state index < -0.39 is 0 Å². The van der Waals surface area contributed by atoms with Crippen LogP contribution in [-0.2, 0) is 6.54 Å². The zero-order chi connectivity index (χ0) is 14.7. The third-order valence-corrected chi connectivity index (χ3v) is 4.11. The molecule has 0 radical (unpaired) electrons. The van der Waals surface area contributed by atoms with Crippen LogP contribution in [0.2, 0.25) is 0 Å². The smallest absolute Gasteiger partial charge is 0.254 e. The lowest BCUT2D eigenvalue weighted by atomic mass is 10.0. The lowest BCUT2D eigenvalue weighted by Crippen LogP contribution is -2.27. The van der Waals surface area contributed by atoms with Gasteiger partial charge in [0.15, 0.2) is 0 Å². The quantitative estimate of drug-likeness (QED) is 0.819. The number of hydrogen-bond donors (Lipinski definition) is 0. The highest BCUT2D eigenvalue weighted by Crippen LogP contribution is 2.19. The zero-order valence-corrected chi connectivity index (χ0v) is 13.6. The molecule has 0 bridgehead atoms. The molecule has 0 saturated heterocycles. The molecule has 0 spiro atoms. The van der Waals surface area contributed by atoms with E-state index in [1.54, 1.807) is 4.90 Å². The summed E-state index contributed by atoms with van der Waals surface area (Å²) in [7, 11) is 1.84. The molecule has 0 saturated carbocycles. The van der Waals surface area contributed by atoms with E-state index in [9.17, 15) is 4.79 Å². The summed E-state index contributed by atoms with van der Waals surface area (Å²) in [6.07, 6.45) is 0. The van der Waals surface area contributed by atoms with E-state index in [0.717, 1.165) is 26.7 Å². The van der Waals surface area contributed by atoms with Crippen molar-refractivity contribution in [1.82, 2.24) is 4.90 Å². The summed E-state index contributed by atoms with van der Waals surface area (Å²) >= 11 is 3.52. The third-order valence-electron chi connectivity index (χ3n) is 3.34. The van der Waals surface area contributed by atoms with Gasteiger partial charge in [-0.05, 0) is 37.1 Å². The van der Waals surface area contributed by atoms with E-state index in [0.29, 0.717) is 6.54 Å². The third kappa shape index (κ3) is 3.28. The predicted molar refractivity (Wildman–Crippen MR) is 85.9 cm³/mol. The maximum Gasteiger partial charge on any atom is 0.254 e. The van der Waals surface area contributed by atoms with Gasteiger partial charge in [-0.25, -0.2) is 0 Å². The van der Waals surface area contributed by atoms with Gasteiger partial charge in [-0.1, -0.05) is 51.8 Å². The first kappa shape index (κ1) is 14.8. The van der Waals surface area contributed by atoms with Crippen molar-refractivity contribution in [2.75, 3.05) is 7.05 Å². The second-order valence-corrected chi connectivity index (χ2v) is 5.93. The molecule has 0 heterocycles. The summed E-state index contributed by atoms with van der Waals surface area (Å²) in [5.74, 6) is 0.0574. The Bertz CT molecular complexity index is 637. The molecule has 0 aromatic heterocycles. The SMILES string of the molecule is Cc1ccc(C)c(C(=O)N(C)Cc2ccccc2Br)c1. The van der Waals surface area contributed by atoms with Crippen molar-refractivity contribution in [3.05, 3.63) is 69.2 Å². The fraction of sp³-hybridized carbons (Fsp3) is 0.235. The van der Waals surface area contributed by atoms with Gasteiger partial charge >= 0.3 is 0 Å². The molecule has 3 heteroatoms. The summed E-state index contributed by atoms with van der Waals surface area (Å²) in [6.45, 7) is 4.57. The van der Waals surface area contributed by atoms with Crippen molar-refractivity contribution >= 4 is 21.8 Å². The van der Waals surface area contributed by atoms with Crippen LogP contribution in [0.15, 0.2) is 46.9 Å². The second-order valence-electron chi connectivity index (χ2n) is 5.07. The van der Waals surface area contributed by atoms with E-state index in [1.165, 1.54) is 0 Å². The highest BCUT2D eigenvalue weighted by atomic mass is 79.9. The average Bonchev–Trinajstić information content (AvgIpc) is 2.43. The molecule has 20 heavy (non-hydrogen) atoms. The van der Waals surface area contributed by atoms with E-state index in [2.05, 4.69) is 15.9 Å². The van der Waals surface area contributed by atoms with Crippen LogP contribution >= 0.6 is 15.9 Å². The Morgan fingerprint density at radius 2 is 1.85 bits per heavy atom. The number of halogens is 1. The minimum absolute atomic E-state index is 0.0574. The van der Waals surface area contributed by atoms with Crippen LogP contribution in [0.4, 0.5) is 0 Å². The van der Waals surface area contributed by atoms with Gasteiger partial charge in [0.05, 0.1) is 0 Å². The van der Waals surface area contributed by atoms with Crippen molar-refractivity contribution in [3.63, 3.8) is 0 Å². The molecule has 2 aromatic rings. The van der Waals surface area contributed by atoms with E-state index in [4.69, 9.17) is 0 Å². The Kier molecular flexibility index (Phi) is 4.61. The number of benzene rings is 2. The molecule has 0 N–H and O–H groups in total. The Hall–Kier alpha value is -1.61. The summed E-state index contributed by atoms with van der Waals surface area (Å²) < 4.78 is 1.03. The molecule has 0 unspecified atom stereocenters. The van der Waals surface area contributed by atoms with Gasteiger partial charge in [0.1, 0.15) is 0 Å². The van der Waals surface area contributed by atoms with Crippen LogP contribution in [0.1, 0.15) is 27.0 Å². The summed E-state index contributed by atoms with van der Waals surface area (Å²) in [6, 6.07) is 13.9. The van der Waals surface area contributed by atoms with Crippen molar-refractivity contribution in [1.29, 1.82) is 0 Å². The molecule has 0 fully saturated rings. The first-order valence-corrected chi connectivity index (χ1v) is 7.34. The van der Waals surface area contributed by atoms with Crippen molar-refractivity contribution in [2.45, 2.75) is 20.4 Å². The van der Waals surface area contributed by atoms with Gasteiger partial charge in [-0.2, -0.15) is 0 Å². The minimum Gasteiger partial charge on any atom is -0.337 e. The Morgan fingerprint density at radius 1 is 1.15 bits per heavy atom. The normalized spacial score (nSPS) is 10.4. The molecular formula is C17H18BrNO. The Morgan fingerprint density at radius 3 is 2.55 bits per heavy atom. The van der Waals surface area contributed by atoms with Gasteiger partial charge < -0.3 is 4.90 Å². The largest absolute Gasteiger partial charge is 0.337 e. The lowest BCUT2D eigenvalue weighted by molar-refractivity contribution is 0.0784. The van der Waals surface area contributed by atoms with Crippen molar-refractivity contribution < 1.29 is 4.79 Å². The molecule has 2 aromatic carbocycles. The summed E-state index contributed by atoms with van der Waals surface area (Å²) in [5, 5.41) is 0. The highest BCUT2D eigenvalue weighted by molar-refractivity contribution is 9.10. The highest BCUT2D eigenvalue weighted by Gasteiger charge is 2.15. The van der Waals surface area contributed by atoms with E-state index >= 15 is 0 Å². The topological polar surface area (TPSA) is 20.3 Å². The van der Waals surface area contributed by atoms with Crippen molar-refractivity contribution in [2.24, 2.45) is 0 Å². The van der Waals surface area contributed by atoms with Crippen molar-refractivity contribution in [3.8, 4) is 0 Å². The molecule has 2 nitrogen and oxygen atoms in total. The second kappa shape index (κ2) is 6.23. The molecule has 2 rings (SSSR count). The molecule has 0 aliphatic heterocycles. The van der Waals surface area contributed by atoms with Gasteiger partial charge in [0.2, 0.25) is 0 Å². The summed E-state index contributed by atoms with van der Waals surface area (Å²) in [4.78, 5) is 14.3. The Labute approximate surface area is 128 Å². The lowest BCUT2D eigenvalue weighted by Gasteiger charge is -2.19. The number of nitrogens with zero attached hydrogens (tertiary/aromatic N) is 1. The summed E-state index contributed by atoms with van der Waals surface area (Å²) in [5.41, 5.74) is 4.00. The van der Waals surface area contributed by atoms with Crippen LogP contribution in [0, 0.1) is 13.8 Å². The maximum atomic E-state index is 12.5. The first-order chi connectivity index (χ1) is 9.49. The van der Waals surface area contributed by atoms with Gasteiger partial charge in [0, 0.05) is 23.6 Å². The number of rotatable bonds is 3. The molecular weight excluding hydrogens is 314 g/mol. The monoisotopic (exact) mass is 331 g/mol. The zero-order valence-electron chi connectivity index (χ0n) is 12.0. The van der Waals surface area contributed by atoms with Crippen LogP contribution in [0.3, 0.4) is 0 Å². The number of hydrogen-bond acceptors (Lipinski definition) is 1. The predicted octanol–water partition coefficient (Wildman–Crippen LogP) is 4.34. The molecule has 0 aliphatic rings. The average molecular weight is 332 g/mol. The molecule has 104 valence electrons. The Balaban J connectivity index is 2.21. The van der Waals surface area contributed by atoms with Crippen LogP contribution in [-0.4, -0.2) is 17.9 Å². The first-order valence-electron chi connectivity index (χ1n) is 6.55. The standard InChI is InChI=1S/C17H18BrNO/c1-12-8-9-13(2)15(10-12)17(20)19(3)11-14-6-4-5-7-16(14)18/h4-10H,11H2,1-3H3. The van der Waals surface area contributed by atoms with Crippen LogP contribution < -0.4 is 0 Å². The van der Waals surface area contributed by atoms with Crippen LogP contribution in [0.25, 0.3) is 0 Å². The molecule has 1 amide bonds. The van der Waals surface area contributed by atoms with E-state index in [-0.39, 0.29) is 5.91 Å². The van der Waals surface area contributed by atoms with E-state index in [1.807, 2.05) is 63.4 Å². The number of carbonyl (C=O) groups excluding carboxylic acids is 1. The molecule has 0 aliphatic carbocycles. The number of aryl methyl sites for hydroxylation is 2.